The van der Waals surface area contributed by atoms with Crippen molar-refractivity contribution in [3.8, 4) is 5.75 Å². The standard InChI is InChI=1S/C15H19ClN6O2.C7H12O/c1-24-14-8(9(18)5-6-17)3-2-4-10(14)22-11(7-12(16)19)13(20)15(21)23;1-2-6-4-5-7(3-1)8-6/h2-7,17,22H,18-20H2,1H3,(H2,21,23);6-7H,1-5H2/b9-5-,12-7-,13-11+,17-6?;. The Balaban J connectivity index is 0.000000371. The number of hydrogen-bond donors (Lipinski definition) is 6. The zero-order valence-corrected chi connectivity index (χ0v) is 18.8. The van der Waals surface area contributed by atoms with Crippen molar-refractivity contribution in [3.05, 3.63) is 52.5 Å². The summed E-state index contributed by atoms with van der Waals surface area (Å²) in [6.07, 6.45) is 11.8. The molecule has 2 bridgehead atoms. The minimum atomic E-state index is -0.843. The highest BCUT2D eigenvalue weighted by Gasteiger charge is 2.28. The molecule has 10 heteroatoms. The average Bonchev–Trinajstić information content (AvgIpc) is 3.09. The molecule has 2 heterocycles. The van der Waals surface area contributed by atoms with Gasteiger partial charge in [-0.15, -0.1) is 0 Å². The fourth-order valence-corrected chi connectivity index (χ4v) is 3.75. The number of primary amides is 1. The Labute approximate surface area is 192 Å². The second kappa shape index (κ2) is 12.0. The maximum Gasteiger partial charge on any atom is 0.266 e. The van der Waals surface area contributed by atoms with E-state index in [4.69, 9.17) is 49.4 Å². The molecule has 1 amide bonds. The molecule has 2 aliphatic rings. The Morgan fingerprint density at radius 3 is 2.34 bits per heavy atom. The van der Waals surface area contributed by atoms with E-state index in [-0.39, 0.29) is 16.6 Å². The van der Waals surface area contributed by atoms with Crippen LogP contribution in [0.15, 0.2) is 46.9 Å². The van der Waals surface area contributed by atoms with Gasteiger partial charge in [0.25, 0.3) is 5.91 Å². The SMILES string of the molecule is C1CC2CCC(C1)O2.COc1c(NC(/C=C(\N)Cl)=C(/N)C(N)=O)cccc1/C(N)=C/C=N. The van der Waals surface area contributed by atoms with Gasteiger partial charge in [-0.3, -0.25) is 4.79 Å². The van der Waals surface area contributed by atoms with Gasteiger partial charge in [-0.2, -0.15) is 0 Å². The van der Waals surface area contributed by atoms with Gasteiger partial charge < -0.3 is 43.1 Å². The molecule has 0 aromatic heterocycles. The summed E-state index contributed by atoms with van der Waals surface area (Å²) in [6.45, 7) is 0. The summed E-state index contributed by atoms with van der Waals surface area (Å²) in [7, 11) is 1.45. The number of nitrogens with two attached hydrogens (primary N) is 4. The fraction of sp³-hybridized carbons (Fsp3) is 0.364. The third-order valence-electron chi connectivity index (χ3n) is 5.15. The normalized spacial score (nSPS) is 21.1. The fourth-order valence-electron chi connectivity index (χ4n) is 3.64. The maximum absolute atomic E-state index is 11.3. The minimum Gasteiger partial charge on any atom is -0.494 e. The number of para-hydroxylation sites is 1. The largest absolute Gasteiger partial charge is 0.494 e. The molecular formula is C22H31ClN6O3. The Hall–Kier alpha value is -3.17. The molecule has 9 nitrogen and oxygen atoms in total. The van der Waals surface area contributed by atoms with Crippen molar-refractivity contribution in [1.29, 1.82) is 5.41 Å². The molecule has 10 N–H and O–H groups in total. The first-order valence-electron chi connectivity index (χ1n) is 10.2. The van der Waals surface area contributed by atoms with Gasteiger partial charge in [-0.25, -0.2) is 0 Å². The lowest BCUT2D eigenvalue weighted by Crippen LogP contribution is -2.24. The van der Waals surface area contributed by atoms with E-state index in [1.165, 1.54) is 51.4 Å². The second-order valence-electron chi connectivity index (χ2n) is 7.41. The molecule has 0 radical (unpaired) electrons. The van der Waals surface area contributed by atoms with E-state index >= 15 is 0 Å². The summed E-state index contributed by atoms with van der Waals surface area (Å²) in [5.74, 6) is -0.464. The number of allylic oxidation sites excluding steroid dienone is 2. The predicted molar refractivity (Wildman–Crippen MR) is 128 cm³/mol. The number of amides is 1. The molecule has 2 unspecified atom stereocenters. The molecule has 1 aromatic carbocycles. The number of hydrogen-bond acceptors (Lipinski definition) is 8. The highest BCUT2D eigenvalue weighted by molar-refractivity contribution is 6.29. The molecule has 174 valence electrons. The molecule has 0 aliphatic carbocycles. The van der Waals surface area contributed by atoms with Crippen LogP contribution in [0.5, 0.6) is 5.75 Å². The van der Waals surface area contributed by atoms with Gasteiger partial charge in [0.1, 0.15) is 10.9 Å². The summed E-state index contributed by atoms with van der Waals surface area (Å²) in [6, 6.07) is 5.09. The van der Waals surface area contributed by atoms with Crippen LogP contribution in [0.2, 0.25) is 0 Å². The molecular weight excluding hydrogens is 432 g/mol. The molecule has 3 rings (SSSR count). The number of benzene rings is 1. The number of carbonyl (C=O) groups excluding carboxylic acids is 1. The van der Waals surface area contributed by atoms with Crippen molar-refractivity contribution >= 4 is 35.1 Å². The molecule has 2 saturated heterocycles. The maximum atomic E-state index is 11.3. The summed E-state index contributed by atoms with van der Waals surface area (Å²) < 4.78 is 11.0. The first-order valence-corrected chi connectivity index (χ1v) is 10.6. The third-order valence-corrected chi connectivity index (χ3v) is 5.26. The summed E-state index contributed by atoms with van der Waals surface area (Å²) in [5, 5.41) is 9.91. The van der Waals surface area contributed by atoms with Crippen molar-refractivity contribution in [1.82, 2.24) is 0 Å². The van der Waals surface area contributed by atoms with Gasteiger partial charge in [-0.1, -0.05) is 17.7 Å². The van der Waals surface area contributed by atoms with Crippen LogP contribution >= 0.6 is 11.6 Å². The van der Waals surface area contributed by atoms with E-state index in [0.717, 1.165) is 6.21 Å². The van der Waals surface area contributed by atoms with Crippen LogP contribution in [-0.2, 0) is 9.53 Å². The summed E-state index contributed by atoms with van der Waals surface area (Å²) >= 11 is 5.66. The van der Waals surface area contributed by atoms with Crippen molar-refractivity contribution in [2.24, 2.45) is 22.9 Å². The molecule has 32 heavy (non-hydrogen) atoms. The van der Waals surface area contributed by atoms with Crippen molar-refractivity contribution in [2.45, 2.75) is 44.3 Å². The Kier molecular flexibility index (Phi) is 9.42. The van der Waals surface area contributed by atoms with Crippen LogP contribution in [0.1, 0.15) is 37.7 Å². The monoisotopic (exact) mass is 462 g/mol. The van der Waals surface area contributed by atoms with Crippen molar-refractivity contribution in [3.63, 3.8) is 0 Å². The lowest BCUT2D eigenvalue weighted by atomic mass is 10.1. The molecule has 2 atom stereocenters. The average molecular weight is 463 g/mol. The number of methoxy groups -OCH3 is 1. The molecule has 0 saturated carbocycles. The van der Waals surface area contributed by atoms with Crippen LogP contribution in [0, 0.1) is 5.41 Å². The lowest BCUT2D eigenvalue weighted by Gasteiger charge is -2.18. The highest BCUT2D eigenvalue weighted by Crippen LogP contribution is 2.33. The number of ether oxygens (including phenoxy) is 2. The number of carbonyl (C=O) groups is 1. The second-order valence-corrected chi connectivity index (χ2v) is 7.85. The van der Waals surface area contributed by atoms with Gasteiger partial charge in [0.2, 0.25) is 0 Å². The quantitative estimate of drug-likeness (QED) is 0.156. The number of halogens is 1. The topological polar surface area (TPSA) is 175 Å². The molecule has 2 aliphatic heterocycles. The molecule has 0 spiro atoms. The van der Waals surface area contributed by atoms with Crippen LogP contribution in [0.25, 0.3) is 5.70 Å². The Morgan fingerprint density at radius 2 is 1.84 bits per heavy atom. The Morgan fingerprint density at radius 1 is 1.19 bits per heavy atom. The first-order chi connectivity index (χ1) is 15.3. The van der Waals surface area contributed by atoms with E-state index in [2.05, 4.69) is 5.32 Å². The van der Waals surface area contributed by atoms with Gasteiger partial charge in [0, 0.05) is 17.5 Å². The molecule has 2 fully saturated rings. The zero-order valence-electron chi connectivity index (χ0n) is 18.1. The highest BCUT2D eigenvalue weighted by atomic mass is 35.5. The summed E-state index contributed by atoms with van der Waals surface area (Å²) in [5.41, 5.74) is 23.4. The van der Waals surface area contributed by atoms with Crippen LogP contribution in [0.3, 0.4) is 0 Å². The van der Waals surface area contributed by atoms with Gasteiger partial charge in [0.05, 0.1) is 30.7 Å². The van der Waals surface area contributed by atoms with E-state index < -0.39 is 5.91 Å². The summed E-state index contributed by atoms with van der Waals surface area (Å²) in [4.78, 5) is 11.3. The lowest BCUT2D eigenvalue weighted by molar-refractivity contribution is -0.114. The van der Waals surface area contributed by atoms with E-state index in [1.54, 1.807) is 18.2 Å². The van der Waals surface area contributed by atoms with E-state index in [0.29, 0.717) is 34.9 Å². The van der Waals surface area contributed by atoms with Gasteiger partial charge in [-0.05, 0) is 56.4 Å². The number of anilines is 1. The number of rotatable bonds is 7. The molecule has 1 aromatic rings. The minimum absolute atomic E-state index is 0.0972. The number of nitrogens with one attached hydrogen (secondary N) is 2. The van der Waals surface area contributed by atoms with Crippen LogP contribution in [-0.4, -0.2) is 31.4 Å². The smallest absolute Gasteiger partial charge is 0.266 e. The van der Waals surface area contributed by atoms with Crippen LogP contribution in [0.4, 0.5) is 5.69 Å². The predicted octanol–water partition coefficient (Wildman–Crippen LogP) is 2.47. The van der Waals surface area contributed by atoms with Gasteiger partial charge >= 0.3 is 0 Å². The first kappa shape index (κ1) is 25.1. The zero-order chi connectivity index (χ0) is 23.7. The van der Waals surface area contributed by atoms with Crippen molar-refractivity contribution in [2.75, 3.05) is 12.4 Å². The van der Waals surface area contributed by atoms with E-state index in [9.17, 15) is 4.79 Å². The van der Waals surface area contributed by atoms with E-state index in [1.807, 2.05) is 0 Å². The number of fused-ring (bicyclic) bond motifs is 2. The van der Waals surface area contributed by atoms with Gasteiger partial charge in [0.15, 0.2) is 5.75 Å². The van der Waals surface area contributed by atoms with Crippen LogP contribution < -0.4 is 33.0 Å². The Bertz CT molecular complexity index is 910. The third kappa shape index (κ3) is 6.93. The van der Waals surface area contributed by atoms with Crippen molar-refractivity contribution < 1.29 is 14.3 Å².